The fourth-order valence-corrected chi connectivity index (χ4v) is 0.932. The summed E-state index contributed by atoms with van der Waals surface area (Å²) in [6.07, 6.45) is 0. The smallest absolute Gasteiger partial charge is 0.423 e. The monoisotopic (exact) mass is 188 g/mol. The van der Waals surface area contributed by atoms with Crippen molar-refractivity contribution in [3.8, 4) is 0 Å². The van der Waals surface area contributed by atoms with Gasteiger partial charge in [0.25, 0.3) is 0 Å². The Balaban J connectivity index is 3.22. The lowest BCUT2D eigenvalue weighted by Crippen LogP contribution is -2.33. The van der Waals surface area contributed by atoms with Crippen LogP contribution >= 0.6 is 0 Å². The van der Waals surface area contributed by atoms with Gasteiger partial charge in [-0.1, -0.05) is 6.07 Å². The second kappa shape index (κ2) is 3.82. The van der Waals surface area contributed by atoms with Crippen LogP contribution in [0.5, 0.6) is 0 Å². The molecule has 0 unspecified atom stereocenters. The summed E-state index contributed by atoms with van der Waals surface area (Å²) in [5.74, 6) is -1.96. The standard InChI is InChI=1S/C7H7BF2O3/c9-6-2-7(10)5(8(12)13)1-4(6)3-11/h1-2,11-13H,3H2. The van der Waals surface area contributed by atoms with Crippen molar-refractivity contribution in [2.75, 3.05) is 0 Å². The van der Waals surface area contributed by atoms with Crippen molar-refractivity contribution in [1.29, 1.82) is 0 Å². The molecule has 3 nitrogen and oxygen atoms in total. The lowest BCUT2D eigenvalue weighted by molar-refractivity contribution is 0.275. The molecule has 13 heavy (non-hydrogen) atoms. The number of aliphatic hydroxyl groups excluding tert-OH is 1. The molecule has 70 valence electrons. The van der Waals surface area contributed by atoms with Gasteiger partial charge in [-0.3, -0.25) is 0 Å². The molecule has 0 saturated carbocycles. The molecule has 1 rings (SSSR count). The zero-order chi connectivity index (χ0) is 10.0. The van der Waals surface area contributed by atoms with Crippen molar-refractivity contribution >= 4 is 12.6 Å². The van der Waals surface area contributed by atoms with Gasteiger partial charge >= 0.3 is 7.12 Å². The van der Waals surface area contributed by atoms with E-state index < -0.39 is 30.8 Å². The first-order chi connectivity index (χ1) is 6.06. The third-order valence-corrected chi connectivity index (χ3v) is 1.61. The molecular formula is C7H7BF2O3. The van der Waals surface area contributed by atoms with Crippen LogP contribution < -0.4 is 5.46 Å². The van der Waals surface area contributed by atoms with Crippen molar-refractivity contribution < 1.29 is 23.9 Å². The van der Waals surface area contributed by atoms with Gasteiger partial charge in [0.1, 0.15) is 11.6 Å². The van der Waals surface area contributed by atoms with E-state index in [2.05, 4.69) is 0 Å². The lowest BCUT2D eigenvalue weighted by Gasteiger charge is -2.05. The predicted molar refractivity (Wildman–Crippen MR) is 42.1 cm³/mol. The van der Waals surface area contributed by atoms with E-state index in [0.717, 1.165) is 6.07 Å². The Morgan fingerprint density at radius 3 is 2.23 bits per heavy atom. The van der Waals surface area contributed by atoms with Crippen molar-refractivity contribution in [3.63, 3.8) is 0 Å². The first kappa shape index (κ1) is 10.1. The van der Waals surface area contributed by atoms with Crippen molar-refractivity contribution in [2.24, 2.45) is 0 Å². The number of hydrogen-bond donors (Lipinski definition) is 3. The fourth-order valence-electron chi connectivity index (χ4n) is 0.932. The topological polar surface area (TPSA) is 60.7 Å². The van der Waals surface area contributed by atoms with E-state index >= 15 is 0 Å². The molecule has 3 N–H and O–H groups in total. The van der Waals surface area contributed by atoms with E-state index in [1.165, 1.54) is 0 Å². The summed E-state index contributed by atoms with van der Waals surface area (Å²) in [6.45, 7) is -0.619. The maximum Gasteiger partial charge on any atom is 0.491 e. The molecule has 0 heterocycles. The Labute approximate surface area is 73.4 Å². The molecule has 0 aliphatic carbocycles. The van der Waals surface area contributed by atoms with Gasteiger partial charge in [0.05, 0.1) is 6.61 Å². The van der Waals surface area contributed by atoms with Gasteiger partial charge in [0, 0.05) is 17.1 Å². The van der Waals surface area contributed by atoms with Crippen LogP contribution in [0.25, 0.3) is 0 Å². The Bertz CT molecular complexity index is 317. The number of benzene rings is 1. The molecule has 0 bridgehead atoms. The van der Waals surface area contributed by atoms with Gasteiger partial charge < -0.3 is 15.2 Å². The average molecular weight is 188 g/mol. The molecule has 0 spiro atoms. The molecule has 0 aliphatic heterocycles. The van der Waals surface area contributed by atoms with E-state index in [4.69, 9.17) is 15.2 Å². The highest BCUT2D eigenvalue weighted by atomic mass is 19.1. The lowest BCUT2D eigenvalue weighted by atomic mass is 9.79. The Hall–Kier alpha value is -0.975. The van der Waals surface area contributed by atoms with Crippen LogP contribution in [0.2, 0.25) is 0 Å². The second-order valence-electron chi connectivity index (χ2n) is 2.50. The maximum atomic E-state index is 12.8. The zero-order valence-corrected chi connectivity index (χ0v) is 6.54. The summed E-state index contributed by atoms with van der Waals surface area (Å²) in [7, 11) is -2.01. The highest BCUT2D eigenvalue weighted by Crippen LogP contribution is 2.07. The number of rotatable bonds is 2. The molecule has 1 aromatic rings. The van der Waals surface area contributed by atoms with Crippen molar-refractivity contribution in [1.82, 2.24) is 0 Å². The molecule has 0 fully saturated rings. The first-order valence-corrected chi connectivity index (χ1v) is 3.51. The SMILES string of the molecule is OCc1cc(B(O)O)c(F)cc1F. The minimum absolute atomic E-state index is 0.176. The molecule has 0 amide bonds. The third kappa shape index (κ3) is 2.03. The molecular weight excluding hydrogens is 181 g/mol. The molecule has 0 atom stereocenters. The first-order valence-electron chi connectivity index (χ1n) is 3.51. The number of hydrogen-bond acceptors (Lipinski definition) is 3. The van der Waals surface area contributed by atoms with Crippen LogP contribution in [0.3, 0.4) is 0 Å². The molecule has 0 saturated heterocycles. The van der Waals surface area contributed by atoms with E-state index in [1.807, 2.05) is 0 Å². The zero-order valence-electron chi connectivity index (χ0n) is 6.54. The molecule has 1 aromatic carbocycles. The van der Waals surface area contributed by atoms with Crippen LogP contribution in [0.1, 0.15) is 5.56 Å². The summed E-state index contributed by atoms with van der Waals surface area (Å²) in [5.41, 5.74) is -0.630. The number of halogens is 2. The summed E-state index contributed by atoms with van der Waals surface area (Å²) in [5, 5.41) is 25.8. The van der Waals surface area contributed by atoms with E-state index in [-0.39, 0.29) is 5.56 Å². The van der Waals surface area contributed by atoms with Crippen LogP contribution in [-0.4, -0.2) is 22.3 Å². The maximum absolute atomic E-state index is 12.8. The second-order valence-corrected chi connectivity index (χ2v) is 2.50. The quantitative estimate of drug-likeness (QED) is 0.529. The predicted octanol–water partition coefficient (Wildman–Crippen LogP) is -0.863. The Kier molecular flexibility index (Phi) is 2.97. The highest BCUT2D eigenvalue weighted by molar-refractivity contribution is 6.58. The van der Waals surface area contributed by atoms with E-state index in [0.29, 0.717) is 6.07 Å². The molecule has 0 radical (unpaired) electrons. The Morgan fingerprint density at radius 1 is 1.15 bits per heavy atom. The van der Waals surface area contributed by atoms with Gasteiger partial charge in [-0.2, -0.15) is 0 Å². The van der Waals surface area contributed by atoms with Gasteiger partial charge in [-0.15, -0.1) is 0 Å². The van der Waals surface area contributed by atoms with Crippen LogP contribution in [0.4, 0.5) is 8.78 Å². The number of aliphatic hydroxyl groups is 1. The fraction of sp³-hybridized carbons (Fsp3) is 0.143. The van der Waals surface area contributed by atoms with Crippen LogP contribution in [0.15, 0.2) is 12.1 Å². The van der Waals surface area contributed by atoms with Crippen molar-refractivity contribution in [3.05, 3.63) is 29.3 Å². The summed E-state index contributed by atoms with van der Waals surface area (Å²) >= 11 is 0. The molecule has 6 heteroatoms. The van der Waals surface area contributed by atoms with Gasteiger partial charge in [-0.25, -0.2) is 8.78 Å². The minimum atomic E-state index is -2.01. The highest BCUT2D eigenvalue weighted by Gasteiger charge is 2.18. The molecule has 0 aromatic heterocycles. The summed E-state index contributed by atoms with van der Waals surface area (Å²) in [4.78, 5) is 0. The Morgan fingerprint density at radius 2 is 1.77 bits per heavy atom. The van der Waals surface area contributed by atoms with Gasteiger partial charge in [-0.05, 0) is 0 Å². The van der Waals surface area contributed by atoms with Crippen LogP contribution in [0, 0.1) is 11.6 Å². The minimum Gasteiger partial charge on any atom is -0.423 e. The van der Waals surface area contributed by atoms with Crippen molar-refractivity contribution in [2.45, 2.75) is 6.61 Å². The van der Waals surface area contributed by atoms with Gasteiger partial charge in [0.2, 0.25) is 0 Å². The average Bonchev–Trinajstić information content (AvgIpc) is 2.03. The summed E-state index contributed by atoms with van der Waals surface area (Å²) < 4.78 is 25.5. The van der Waals surface area contributed by atoms with E-state index in [1.54, 1.807) is 0 Å². The third-order valence-electron chi connectivity index (χ3n) is 1.61. The summed E-state index contributed by atoms with van der Waals surface area (Å²) in [6, 6.07) is 1.37. The van der Waals surface area contributed by atoms with Gasteiger partial charge in [0.15, 0.2) is 0 Å². The molecule has 0 aliphatic rings. The normalized spacial score (nSPS) is 10.2. The van der Waals surface area contributed by atoms with Crippen LogP contribution in [-0.2, 0) is 6.61 Å². The van der Waals surface area contributed by atoms with E-state index in [9.17, 15) is 8.78 Å². The largest absolute Gasteiger partial charge is 0.491 e.